The highest BCUT2D eigenvalue weighted by Gasteiger charge is 1.99. The van der Waals surface area contributed by atoms with Crippen molar-refractivity contribution in [3.63, 3.8) is 0 Å². The van der Waals surface area contributed by atoms with Crippen molar-refractivity contribution in [2.75, 3.05) is 0 Å². The number of hydrogen-bond donors (Lipinski definition) is 0. The van der Waals surface area contributed by atoms with Crippen molar-refractivity contribution < 1.29 is 4.74 Å². The molecule has 0 N–H and O–H groups in total. The minimum atomic E-state index is 0.601. The van der Waals surface area contributed by atoms with Crippen molar-refractivity contribution in [1.29, 1.82) is 0 Å². The van der Waals surface area contributed by atoms with E-state index in [2.05, 4.69) is 4.98 Å². The highest BCUT2D eigenvalue weighted by Crippen LogP contribution is 2.10. The van der Waals surface area contributed by atoms with Crippen LogP contribution in [0.4, 0.5) is 0 Å². The third-order valence-electron chi connectivity index (χ3n) is 1.70. The molecule has 2 nitrogen and oxygen atoms in total. The molecule has 0 radical (unpaired) electrons. The fraction of sp³-hybridized carbons (Fsp3) is 0.100. The van der Waals surface area contributed by atoms with Gasteiger partial charge in [-0.25, -0.2) is 0 Å². The smallest absolute Gasteiger partial charge is 0.114 e. The van der Waals surface area contributed by atoms with E-state index < -0.39 is 0 Å². The first-order chi connectivity index (χ1) is 5.97. The van der Waals surface area contributed by atoms with Crippen LogP contribution in [0.3, 0.4) is 0 Å². The molecule has 0 aromatic carbocycles. The first-order valence-electron chi connectivity index (χ1n) is 3.85. The number of hydrogen-bond acceptors (Lipinski definition) is 2. The molecule has 0 bridgehead atoms. The standard InChI is InChI=1S/C10H9NO/c1-2-7-12-8-9-4-3-6-11-10(9)5-1/h1-7H,8H2/b5-1-,7-2-. The number of ether oxygens (including phenoxy) is 1. The van der Waals surface area contributed by atoms with Gasteiger partial charge in [-0.2, -0.15) is 0 Å². The maximum Gasteiger partial charge on any atom is 0.114 e. The van der Waals surface area contributed by atoms with Crippen LogP contribution in [0.15, 0.2) is 36.7 Å². The lowest BCUT2D eigenvalue weighted by atomic mass is 10.2. The molecule has 0 atom stereocenters. The molecule has 0 saturated heterocycles. The molecule has 2 heteroatoms. The fourth-order valence-corrected chi connectivity index (χ4v) is 1.11. The number of aromatic nitrogens is 1. The molecule has 1 aliphatic rings. The summed E-state index contributed by atoms with van der Waals surface area (Å²) in [7, 11) is 0. The van der Waals surface area contributed by atoms with E-state index in [0.717, 1.165) is 11.3 Å². The van der Waals surface area contributed by atoms with Gasteiger partial charge in [-0.05, 0) is 18.2 Å². The normalized spacial score (nSPS) is 19.7. The molecule has 60 valence electrons. The zero-order valence-electron chi connectivity index (χ0n) is 6.60. The van der Waals surface area contributed by atoms with Gasteiger partial charge in [0.2, 0.25) is 0 Å². The third kappa shape index (κ3) is 1.37. The van der Waals surface area contributed by atoms with E-state index in [9.17, 15) is 0 Å². The SMILES string of the molecule is C1=C\OCc2cccnc2\C=C/1. The molecule has 2 heterocycles. The Balaban J connectivity index is 2.43. The Morgan fingerprint density at radius 1 is 1.33 bits per heavy atom. The maximum absolute atomic E-state index is 5.23. The van der Waals surface area contributed by atoms with Gasteiger partial charge in [-0.15, -0.1) is 0 Å². The molecule has 0 unspecified atom stereocenters. The Morgan fingerprint density at radius 2 is 2.33 bits per heavy atom. The monoisotopic (exact) mass is 159 g/mol. The molecule has 0 aliphatic carbocycles. The molecule has 2 rings (SSSR count). The predicted octanol–water partition coefficient (Wildman–Crippen LogP) is 2.14. The van der Waals surface area contributed by atoms with Gasteiger partial charge in [0.1, 0.15) is 6.61 Å². The largest absolute Gasteiger partial charge is 0.496 e. The van der Waals surface area contributed by atoms with Crippen LogP contribution in [-0.4, -0.2) is 4.98 Å². The van der Waals surface area contributed by atoms with E-state index in [1.165, 1.54) is 0 Å². The van der Waals surface area contributed by atoms with Crippen LogP contribution in [0, 0.1) is 0 Å². The van der Waals surface area contributed by atoms with Crippen molar-refractivity contribution in [3.05, 3.63) is 48.0 Å². The van der Waals surface area contributed by atoms with E-state index in [-0.39, 0.29) is 0 Å². The molecule has 12 heavy (non-hydrogen) atoms. The summed E-state index contributed by atoms with van der Waals surface area (Å²) in [4.78, 5) is 4.22. The summed E-state index contributed by atoms with van der Waals surface area (Å²) in [5, 5.41) is 0. The van der Waals surface area contributed by atoms with Crippen molar-refractivity contribution in [1.82, 2.24) is 4.98 Å². The van der Waals surface area contributed by atoms with Crippen molar-refractivity contribution in [3.8, 4) is 0 Å². The van der Waals surface area contributed by atoms with Crippen molar-refractivity contribution >= 4 is 6.08 Å². The molecule has 1 aromatic heterocycles. The molecule has 1 aromatic rings. The molecular weight excluding hydrogens is 150 g/mol. The number of rotatable bonds is 0. The van der Waals surface area contributed by atoms with Gasteiger partial charge in [0.05, 0.1) is 12.0 Å². The van der Waals surface area contributed by atoms with E-state index >= 15 is 0 Å². The summed E-state index contributed by atoms with van der Waals surface area (Å²) >= 11 is 0. The highest BCUT2D eigenvalue weighted by atomic mass is 16.5. The summed E-state index contributed by atoms with van der Waals surface area (Å²) in [6.07, 6.45) is 9.23. The van der Waals surface area contributed by atoms with Crippen molar-refractivity contribution in [2.45, 2.75) is 6.61 Å². The molecule has 0 spiro atoms. The van der Waals surface area contributed by atoms with Crippen LogP contribution in [0.1, 0.15) is 11.3 Å². The van der Waals surface area contributed by atoms with E-state index in [1.807, 2.05) is 30.4 Å². The van der Waals surface area contributed by atoms with Crippen LogP contribution in [0.2, 0.25) is 0 Å². The lowest BCUT2D eigenvalue weighted by Gasteiger charge is -2.05. The third-order valence-corrected chi connectivity index (χ3v) is 1.70. The van der Waals surface area contributed by atoms with Crippen LogP contribution in [0.5, 0.6) is 0 Å². The van der Waals surface area contributed by atoms with E-state index in [0.29, 0.717) is 6.61 Å². The summed E-state index contributed by atoms with van der Waals surface area (Å²) in [5.74, 6) is 0. The minimum absolute atomic E-state index is 0.601. The lowest BCUT2D eigenvalue weighted by molar-refractivity contribution is 0.235. The second-order valence-electron chi connectivity index (χ2n) is 2.55. The van der Waals surface area contributed by atoms with Gasteiger partial charge in [0, 0.05) is 11.8 Å². The Morgan fingerprint density at radius 3 is 3.33 bits per heavy atom. The van der Waals surface area contributed by atoms with E-state index in [1.54, 1.807) is 12.5 Å². The zero-order chi connectivity index (χ0) is 8.23. The highest BCUT2D eigenvalue weighted by molar-refractivity contribution is 5.51. The molecule has 0 amide bonds. The van der Waals surface area contributed by atoms with Gasteiger partial charge < -0.3 is 4.74 Å². The van der Waals surface area contributed by atoms with Crippen LogP contribution in [0.25, 0.3) is 6.08 Å². The Labute approximate surface area is 71.2 Å². The number of pyridine rings is 1. The van der Waals surface area contributed by atoms with E-state index in [4.69, 9.17) is 4.74 Å². The Hall–Kier alpha value is -1.57. The van der Waals surface area contributed by atoms with Gasteiger partial charge in [-0.1, -0.05) is 12.1 Å². The van der Waals surface area contributed by atoms with Crippen molar-refractivity contribution in [2.24, 2.45) is 0 Å². The molecular formula is C10H9NO. The quantitative estimate of drug-likeness (QED) is 0.578. The lowest BCUT2D eigenvalue weighted by Crippen LogP contribution is -1.94. The second-order valence-corrected chi connectivity index (χ2v) is 2.55. The topological polar surface area (TPSA) is 22.1 Å². The fourth-order valence-electron chi connectivity index (χ4n) is 1.11. The number of fused-ring (bicyclic) bond motifs is 1. The number of nitrogens with zero attached hydrogens (tertiary/aromatic N) is 1. The van der Waals surface area contributed by atoms with Gasteiger partial charge in [-0.3, -0.25) is 4.98 Å². The van der Waals surface area contributed by atoms with Crippen LogP contribution >= 0.6 is 0 Å². The average molecular weight is 159 g/mol. The molecule has 0 fully saturated rings. The summed E-state index contributed by atoms with van der Waals surface area (Å²) in [6.45, 7) is 0.601. The first-order valence-corrected chi connectivity index (χ1v) is 3.85. The second kappa shape index (κ2) is 3.22. The Kier molecular flexibility index (Phi) is 1.90. The summed E-state index contributed by atoms with van der Waals surface area (Å²) in [5.41, 5.74) is 2.11. The molecule has 0 saturated carbocycles. The summed E-state index contributed by atoms with van der Waals surface area (Å²) < 4.78 is 5.23. The van der Waals surface area contributed by atoms with Gasteiger partial charge >= 0.3 is 0 Å². The zero-order valence-corrected chi connectivity index (χ0v) is 6.60. The van der Waals surface area contributed by atoms with Gasteiger partial charge in [0.15, 0.2) is 0 Å². The first kappa shape index (κ1) is 7.10. The summed E-state index contributed by atoms with van der Waals surface area (Å²) in [6, 6.07) is 3.94. The maximum atomic E-state index is 5.23. The average Bonchev–Trinajstić information content (AvgIpc) is 2.06. The molecule has 1 aliphatic heterocycles. The van der Waals surface area contributed by atoms with Gasteiger partial charge in [0.25, 0.3) is 0 Å². The number of allylic oxidation sites excluding steroid dienone is 2. The Bertz CT molecular complexity index is 328. The predicted molar refractivity (Wildman–Crippen MR) is 47.2 cm³/mol. The minimum Gasteiger partial charge on any atom is -0.496 e. The van der Waals surface area contributed by atoms with Crippen LogP contribution < -0.4 is 0 Å². The van der Waals surface area contributed by atoms with Crippen LogP contribution in [-0.2, 0) is 11.3 Å².